The molecule has 0 amide bonds. The number of cyclic esters (lactones) is 1. The summed E-state index contributed by atoms with van der Waals surface area (Å²) in [4.78, 5) is 24.5. The molecule has 128 valence electrons. The van der Waals surface area contributed by atoms with Gasteiger partial charge in [-0.3, -0.25) is 4.79 Å². The Bertz CT molecular complexity index is 693. The Morgan fingerprint density at radius 3 is 2.75 bits per heavy atom. The third kappa shape index (κ3) is 3.76. The maximum Gasteiger partial charge on any atom is 0.342 e. The van der Waals surface area contributed by atoms with Crippen molar-refractivity contribution in [2.75, 3.05) is 0 Å². The minimum atomic E-state index is -0.707. The normalized spacial score (nSPS) is 29.0. The van der Waals surface area contributed by atoms with E-state index in [1.54, 1.807) is 13.0 Å². The van der Waals surface area contributed by atoms with Crippen LogP contribution in [0, 0.1) is 0 Å². The van der Waals surface area contributed by atoms with Crippen molar-refractivity contribution in [1.82, 2.24) is 0 Å². The molecule has 1 saturated heterocycles. The first-order chi connectivity index (χ1) is 11.4. The number of hydrogen-bond donors (Lipinski definition) is 2. The molecule has 24 heavy (non-hydrogen) atoms. The number of rotatable bonds is 0. The number of ketones is 1. The lowest BCUT2D eigenvalue weighted by Crippen LogP contribution is -2.19. The van der Waals surface area contributed by atoms with Gasteiger partial charge < -0.3 is 19.7 Å². The molecule has 0 saturated carbocycles. The molecule has 6 nitrogen and oxygen atoms in total. The molecule has 6 heteroatoms. The Hall–Kier alpha value is -2.34. The Morgan fingerprint density at radius 1 is 1.17 bits per heavy atom. The lowest BCUT2D eigenvalue weighted by Gasteiger charge is -2.15. The lowest BCUT2D eigenvalue weighted by molar-refractivity contribution is -0.114. The molecule has 0 aliphatic carbocycles. The van der Waals surface area contributed by atoms with Crippen LogP contribution in [0.15, 0.2) is 24.3 Å². The molecule has 2 aliphatic rings. The number of phenolic OH excluding ortho intramolecular Hbond substituents is 2. The molecule has 1 aromatic carbocycles. The summed E-state index contributed by atoms with van der Waals surface area (Å²) in [5.74, 6) is -1.53. The van der Waals surface area contributed by atoms with E-state index in [4.69, 9.17) is 9.47 Å². The molecule has 2 heterocycles. The van der Waals surface area contributed by atoms with Gasteiger partial charge in [-0.15, -0.1) is 0 Å². The van der Waals surface area contributed by atoms with Gasteiger partial charge in [0.25, 0.3) is 0 Å². The zero-order chi connectivity index (χ0) is 17.3. The quantitative estimate of drug-likeness (QED) is 0.559. The van der Waals surface area contributed by atoms with Crippen LogP contribution in [-0.4, -0.2) is 40.3 Å². The molecule has 1 aromatic rings. The molecule has 1 unspecified atom stereocenters. The number of phenols is 2. The highest BCUT2D eigenvalue weighted by molar-refractivity contribution is 5.98. The second-order valence-electron chi connectivity index (χ2n) is 6.29. The number of epoxide rings is 1. The van der Waals surface area contributed by atoms with Gasteiger partial charge in [0.15, 0.2) is 5.78 Å². The van der Waals surface area contributed by atoms with Crippen LogP contribution in [0.3, 0.4) is 0 Å². The summed E-state index contributed by atoms with van der Waals surface area (Å²) in [6.07, 6.45) is 5.14. The fourth-order valence-corrected chi connectivity index (χ4v) is 3.02. The van der Waals surface area contributed by atoms with Gasteiger partial charge in [0.1, 0.15) is 23.2 Å². The first-order valence-corrected chi connectivity index (χ1v) is 8.04. The number of hydrogen-bond acceptors (Lipinski definition) is 6. The molecule has 0 bridgehead atoms. The van der Waals surface area contributed by atoms with E-state index in [2.05, 4.69) is 0 Å². The lowest BCUT2D eigenvalue weighted by atomic mass is 9.99. The van der Waals surface area contributed by atoms with Crippen LogP contribution in [0.4, 0.5) is 0 Å². The highest BCUT2D eigenvalue weighted by atomic mass is 16.6. The van der Waals surface area contributed by atoms with E-state index in [1.807, 2.05) is 0 Å². The molecule has 1 fully saturated rings. The predicted molar refractivity (Wildman–Crippen MR) is 85.0 cm³/mol. The molecule has 2 aliphatic heterocycles. The number of allylic oxidation sites excluding steroid dienone is 2. The Balaban J connectivity index is 1.92. The molecule has 0 spiro atoms. The number of aromatic hydroxyl groups is 2. The minimum Gasteiger partial charge on any atom is -0.508 e. The first-order valence-electron chi connectivity index (χ1n) is 8.04. The second kappa shape index (κ2) is 6.65. The Morgan fingerprint density at radius 2 is 1.96 bits per heavy atom. The SMILES string of the molecule is CC1C[C@@H]2O[C@H]2CC/C=C/C(=O)Cc2cc(O)cc(O)c2C(=O)O1. The molecule has 3 atom stereocenters. The van der Waals surface area contributed by atoms with Gasteiger partial charge in [-0.25, -0.2) is 4.79 Å². The van der Waals surface area contributed by atoms with Crippen LogP contribution in [-0.2, 0) is 20.7 Å². The fourth-order valence-electron chi connectivity index (χ4n) is 3.02. The molecule has 2 N–H and O–H groups in total. The fraction of sp³-hybridized carbons (Fsp3) is 0.444. The van der Waals surface area contributed by atoms with Crippen molar-refractivity contribution in [3.8, 4) is 11.5 Å². The van der Waals surface area contributed by atoms with E-state index in [0.717, 1.165) is 18.9 Å². The summed E-state index contributed by atoms with van der Waals surface area (Å²) < 4.78 is 10.9. The topological polar surface area (TPSA) is 96.4 Å². The van der Waals surface area contributed by atoms with E-state index in [0.29, 0.717) is 6.42 Å². The number of benzene rings is 1. The van der Waals surface area contributed by atoms with Crippen LogP contribution in [0.25, 0.3) is 0 Å². The standard InChI is InChI=1S/C18H20O6/c1-10-6-16-15(24-16)5-3-2-4-12(19)7-11-8-13(20)9-14(21)17(11)18(22)23-10/h2,4,8-10,15-16,20-21H,3,5-7H2,1H3/b4-2+/t10?,15-,16-/m0/s1. The van der Waals surface area contributed by atoms with Crippen molar-refractivity contribution >= 4 is 11.8 Å². The Labute approximate surface area is 139 Å². The molecule has 0 radical (unpaired) electrons. The van der Waals surface area contributed by atoms with Gasteiger partial charge in [0.05, 0.1) is 12.2 Å². The van der Waals surface area contributed by atoms with Crippen LogP contribution >= 0.6 is 0 Å². The largest absolute Gasteiger partial charge is 0.508 e. The highest BCUT2D eigenvalue weighted by Gasteiger charge is 2.39. The summed E-state index contributed by atoms with van der Waals surface area (Å²) in [6, 6.07) is 2.37. The zero-order valence-corrected chi connectivity index (χ0v) is 13.4. The van der Waals surface area contributed by atoms with Gasteiger partial charge >= 0.3 is 5.97 Å². The van der Waals surface area contributed by atoms with Crippen molar-refractivity contribution in [3.05, 3.63) is 35.4 Å². The van der Waals surface area contributed by atoms with E-state index in [9.17, 15) is 19.8 Å². The molecule has 3 rings (SSSR count). The maximum absolute atomic E-state index is 12.4. The van der Waals surface area contributed by atoms with Crippen molar-refractivity contribution in [3.63, 3.8) is 0 Å². The van der Waals surface area contributed by atoms with Crippen molar-refractivity contribution in [2.45, 2.75) is 50.9 Å². The van der Waals surface area contributed by atoms with Gasteiger partial charge in [-0.1, -0.05) is 6.08 Å². The van der Waals surface area contributed by atoms with Crippen molar-refractivity contribution < 1.29 is 29.3 Å². The van der Waals surface area contributed by atoms with E-state index >= 15 is 0 Å². The number of esters is 1. The summed E-state index contributed by atoms with van der Waals surface area (Å²) >= 11 is 0. The second-order valence-corrected chi connectivity index (χ2v) is 6.29. The smallest absolute Gasteiger partial charge is 0.342 e. The predicted octanol–water partition coefficient (Wildman–Crippen LogP) is 2.26. The number of fused-ring (bicyclic) bond motifs is 2. The summed E-state index contributed by atoms with van der Waals surface area (Å²) in [7, 11) is 0. The molecular weight excluding hydrogens is 312 g/mol. The van der Waals surface area contributed by atoms with Gasteiger partial charge in [-0.05, 0) is 37.5 Å². The van der Waals surface area contributed by atoms with Crippen LogP contribution in [0.2, 0.25) is 0 Å². The number of carbonyl (C=O) groups excluding carboxylic acids is 2. The summed E-state index contributed by atoms with van der Waals surface area (Å²) in [6.45, 7) is 1.77. The number of ether oxygens (including phenoxy) is 2. The van der Waals surface area contributed by atoms with Crippen molar-refractivity contribution in [2.24, 2.45) is 0 Å². The summed E-state index contributed by atoms with van der Waals surface area (Å²) in [5.41, 5.74) is 0.170. The average molecular weight is 332 g/mol. The van der Waals surface area contributed by atoms with Crippen LogP contribution < -0.4 is 0 Å². The van der Waals surface area contributed by atoms with E-state index in [1.165, 1.54) is 12.1 Å². The van der Waals surface area contributed by atoms with Crippen LogP contribution in [0.5, 0.6) is 11.5 Å². The highest BCUT2D eigenvalue weighted by Crippen LogP contribution is 2.33. The first kappa shape index (κ1) is 16.5. The van der Waals surface area contributed by atoms with Gasteiger partial charge in [-0.2, -0.15) is 0 Å². The molecular formula is C18H20O6. The number of carbonyl (C=O) groups is 2. The molecule has 0 aromatic heterocycles. The third-order valence-corrected chi connectivity index (χ3v) is 4.23. The zero-order valence-electron chi connectivity index (χ0n) is 13.4. The minimum absolute atomic E-state index is 0.0627. The van der Waals surface area contributed by atoms with Crippen molar-refractivity contribution in [1.29, 1.82) is 0 Å². The summed E-state index contributed by atoms with van der Waals surface area (Å²) in [5, 5.41) is 19.7. The maximum atomic E-state index is 12.4. The van der Waals surface area contributed by atoms with Gasteiger partial charge in [0.2, 0.25) is 0 Å². The average Bonchev–Trinajstić information content (AvgIpc) is 3.19. The monoisotopic (exact) mass is 332 g/mol. The van der Waals surface area contributed by atoms with Crippen LogP contribution in [0.1, 0.15) is 42.1 Å². The van der Waals surface area contributed by atoms with E-state index in [-0.39, 0.29) is 47.4 Å². The van der Waals surface area contributed by atoms with Gasteiger partial charge in [0, 0.05) is 18.9 Å². The Kier molecular flexibility index (Phi) is 4.57. The van der Waals surface area contributed by atoms with E-state index < -0.39 is 11.7 Å². The third-order valence-electron chi connectivity index (χ3n) is 4.23.